The van der Waals surface area contributed by atoms with E-state index in [-0.39, 0.29) is 11.7 Å². The normalized spacial score (nSPS) is 10.6. The molecule has 0 aliphatic rings. The van der Waals surface area contributed by atoms with Crippen molar-refractivity contribution in [2.75, 3.05) is 0 Å². The minimum Gasteiger partial charge on any atom is -0.480 e. The molecule has 0 aliphatic carbocycles. The van der Waals surface area contributed by atoms with Gasteiger partial charge in [0.25, 0.3) is 0 Å². The highest BCUT2D eigenvalue weighted by Crippen LogP contribution is 2.18. The Morgan fingerprint density at radius 1 is 1.57 bits per heavy atom. The van der Waals surface area contributed by atoms with Crippen LogP contribution in [0.2, 0.25) is 5.15 Å². The molecule has 0 spiro atoms. The van der Waals surface area contributed by atoms with Crippen LogP contribution >= 0.6 is 11.6 Å². The summed E-state index contributed by atoms with van der Waals surface area (Å²) in [6.07, 6.45) is 2.96. The van der Waals surface area contributed by atoms with E-state index < -0.39 is 5.97 Å². The number of nitrogens with zero attached hydrogens (tertiary/aromatic N) is 3. The molecule has 0 amide bonds. The van der Waals surface area contributed by atoms with Gasteiger partial charge in [0.2, 0.25) is 0 Å². The van der Waals surface area contributed by atoms with Gasteiger partial charge < -0.3 is 9.67 Å². The minimum absolute atomic E-state index is 0.128. The molecule has 0 aliphatic heterocycles. The third-order valence-electron chi connectivity index (χ3n) is 1.80. The second kappa shape index (κ2) is 3.26. The molecule has 5 nitrogen and oxygen atoms in total. The second-order valence-electron chi connectivity index (χ2n) is 2.74. The van der Waals surface area contributed by atoms with Gasteiger partial charge in [0.05, 0.1) is 11.8 Å². The summed E-state index contributed by atoms with van der Waals surface area (Å²) in [7, 11) is 0. The van der Waals surface area contributed by atoms with Gasteiger partial charge >= 0.3 is 5.97 Å². The van der Waals surface area contributed by atoms with E-state index in [1.807, 2.05) is 0 Å². The van der Waals surface area contributed by atoms with Gasteiger partial charge in [0.1, 0.15) is 12.1 Å². The first-order valence-corrected chi connectivity index (χ1v) is 4.23. The average molecular weight is 212 g/mol. The third-order valence-corrected chi connectivity index (χ3v) is 2.08. The number of imidazole rings is 1. The topological polar surface area (TPSA) is 68.0 Å². The number of rotatable bonds is 2. The monoisotopic (exact) mass is 211 g/mol. The maximum absolute atomic E-state index is 10.5. The lowest BCUT2D eigenvalue weighted by molar-refractivity contribution is -0.137. The molecule has 2 aromatic heterocycles. The second-order valence-corrected chi connectivity index (χ2v) is 3.09. The van der Waals surface area contributed by atoms with Gasteiger partial charge in [-0.1, -0.05) is 11.6 Å². The lowest BCUT2D eigenvalue weighted by Gasteiger charge is -1.98. The molecule has 2 heterocycles. The molecular formula is C8H6ClN3O2. The van der Waals surface area contributed by atoms with Crippen molar-refractivity contribution in [2.24, 2.45) is 0 Å². The third kappa shape index (κ3) is 1.42. The van der Waals surface area contributed by atoms with Gasteiger partial charge in [-0.15, -0.1) is 0 Å². The lowest BCUT2D eigenvalue weighted by Crippen LogP contribution is -2.07. The summed E-state index contributed by atoms with van der Waals surface area (Å²) in [5, 5.41) is 8.90. The summed E-state index contributed by atoms with van der Waals surface area (Å²) >= 11 is 5.77. The number of hydrogen-bond acceptors (Lipinski definition) is 3. The van der Waals surface area contributed by atoms with Gasteiger partial charge in [-0.2, -0.15) is 0 Å². The molecule has 2 aromatic rings. The van der Waals surface area contributed by atoms with Crippen LogP contribution < -0.4 is 0 Å². The highest BCUT2D eigenvalue weighted by atomic mass is 35.5. The number of pyridine rings is 1. The van der Waals surface area contributed by atoms with Crippen molar-refractivity contribution in [1.29, 1.82) is 0 Å². The summed E-state index contributed by atoms with van der Waals surface area (Å²) in [6.45, 7) is -0.128. The van der Waals surface area contributed by atoms with Gasteiger partial charge in [0.15, 0.2) is 5.15 Å². The summed E-state index contributed by atoms with van der Waals surface area (Å²) in [5.74, 6) is -0.919. The van der Waals surface area contributed by atoms with E-state index in [0.29, 0.717) is 11.0 Å². The smallest absolute Gasteiger partial charge is 0.323 e. The van der Waals surface area contributed by atoms with Crippen molar-refractivity contribution in [3.63, 3.8) is 0 Å². The molecule has 0 atom stereocenters. The number of carboxylic acid groups (broad SMARTS) is 1. The van der Waals surface area contributed by atoms with Crippen LogP contribution in [0, 0.1) is 0 Å². The Morgan fingerprint density at radius 3 is 3.07 bits per heavy atom. The van der Waals surface area contributed by atoms with Crippen LogP contribution in [0.1, 0.15) is 0 Å². The molecule has 0 saturated heterocycles. The molecular weight excluding hydrogens is 206 g/mol. The van der Waals surface area contributed by atoms with Crippen LogP contribution in [-0.2, 0) is 11.3 Å². The van der Waals surface area contributed by atoms with Crippen molar-refractivity contribution >= 4 is 28.6 Å². The van der Waals surface area contributed by atoms with E-state index in [9.17, 15) is 4.79 Å². The largest absolute Gasteiger partial charge is 0.480 e. The van der Waals surface area contributed by atoms with Crippen LogP contribution in [0.15, 0.2) is 18.6 Å². The standard InChI is InChI=1S/C8H6ClN3O2/c9-8-7-5(1-2-10-8)12(4-11-7)3-6(13)14/h1-2,4H,3H2,(H,13,14). The molecule has 6 heteroatoms. The first-order valence-electron chi connectivity index (χ1n) is 3.85. The van der Waals surface area contributed by atoms with Crippen LogP contribution in [0.25, 0.3) is 11.0 Å². The highest BCUT2D eigenvalue weighted by Gasteiger charge is 2.08. The number of hydrogen-bond donors (Lipinski definition) is 1. The van der Waals surface area contributed by atoms with Crippen LogP contribution in [0.5, 0.6) is 0 Å². The Morgan fingerprint density at radius 2 is 2.36 bits per heavy atom. The number of fused-ring (bicyclic) bond motifs is 1. The van der Waals surface area contributed by atoms with Gasteiger partial charge in [-0.3, -0.25) is 4.79 Å². The van der Waals surface area contributed by atoms with E-state index in [1.165, 1.54) is 17.1 Å². The Labute approximate surface area is 84.0 Å². The number of aliphatic carboxylic acids is 1. The van der Waals surface area contributed by atoms with Crippen LogP contribution in [0.3, 0.4) is 0 Å². The molecule has 2 rings (SSSR count). The zero-order valence-corrected chi connectivity index (χ0v) is 7.77. The van der Waals surface area contributed by atoms with E-state index in [1.54, 1.807) is 6.07 Å². The molecule has 14 heavy (non-hydrogen) atoms. The predicted octanol–water partition coefficient (Wildman–Crippen LogP) is 1.17. The number of carbonyl (C=O) groups is 1. The Bertz CT molecular complexity index is 494. The van der Waals surface area contributed by atoms with Crippen molar-refractivity contribution in [2.45, 2.75) is 6.54 Å². The van der Waals surface area contributed by atoms with E-state index in [0.717, 1.165) is 0 Å². The Balaban J connectivity index is 2.58. The van der Waals surface area contributed by atoms with E-state index >= 15 is 0 Å². The van der Waals surface area contributed by atoms with Crippen molar-refractivity contribution < 1.29 is 9.90 Å². The van der Waals surface area contributed by atoms with Gasteiger partial charge in [-0.25, -0.2) is 9.97 Å². The fourth-order valence-electron chi connectivity index (χ4n) is 1.23. The lowest BCUT2D eigenvalue weighted by atomic mass is 10.4. The molecule has 0 radical (unpaired) electrons. The maximum atomic E-state index is 10.5. The molecule has 0 aromatic carbocycles. The minimum atomic E-state index is -0.919. The van der Waals surface area contributed by atoms with Crippen molar-refractivity contribution in [3.8, 4) is 0 Å². The molecule has 0 bridgehead atoms. The van der Waals surface area contributed by atoms with Crippen molar-refractivity contribution in [3.05, 3.63) is 23.7 Å². The summed E-state index contributed by atoms with van der Waals surface area (Å²) in [5.41, 5.74) is 1.20. The van der Waals surface area contributed by atoms with Crippen LogP contribution in [-0.4, -0.2) is 25.6 Å². The fourth-order valence-corrected chi connectivity index (χ4v) is 1.43. The SMILES string of the molecule is O=C(O)Cn1cnc2c(Cl)nccc21. The average Bonchev–Trinajstić information content (AvgIpc) is 2.49. The number of aromatic nitrogens is 3. The molecule has 0 unspecified atom stereocenters. The van der Waals surface area contributed by atoms with Gasteiger partial charge in [-0.05, 0) is 6.07 Å². The zero-order chi connectivity index (χ0) is 10.1. The summed E-state index contributed by atoms with van der Waals surface area (Å²) in [4.78, 5) is 18.3. The molecule has 0 fully saturated rings. The zero-order valence-electron chi connectivity index (χ0n) is 7.01. The molecule has 72 valence electrons. The predicted molar refractivity (Wildman–Crippen MR) is 50.2 cm³/mol. The van der Waals surface area contributed by atoms with Gasteiger partial charge in [0, 0.05) is 6.20 Å². The van der Waals surface area contributed by atoms with E-state index in [4.69, 9.17) is 16.7 Å². The maximum Gasteiger partial charge on any atom is 0.323 e. The van der Waals surface area contributed by atoms with Crippen molar-refractivity contribution in [1.82, 2.24) is 14.5 Å². The Hall–Kier alpha value is -1.62. The quantitative estimate of drug-likeness (QED) is 0.758. The van der Waals surface area contributed by atoms with Crippen LogP contribution in [0.4, 0.5) is 0 Å². The first kappa shape index (κ1) is 8.96. The number of halogens is 1. The fraction of sp³-hybridized carbons (Fsp3) is 0.125. The summed E-state index contributed by atoms with van der Waals surface area (Å²) < 4.78 is 1.51. The highest BCUT2D eigenvalue weighted by molar-refractivity contribution is 6.33. The summed E-state index contributed by atoms with van der Waals surface area (Å²) in [6, 6.07) is 1.68. The van der Waals surface area contributed by atoms with E-state index in [2.05, 4.69) is 9.97 Å². The first-order chi connectivity index (χ1) is 6.68. The molecule has 1 N–H and O–H groups in total. The molecule has 0 saturated carbocycles. The number of carboxylic acids is 1. The Kier molecular flexibility index (Phi) is 2.09.